The standard InChI is InChI=1S/C16H16N4O/c17-8-11-1-3-12(4-2-11)9-19-16(21)15-7-13(18)10-20(15)14-5-6-14/h1-4,7,10,14H,5-6,9,18H2,(H,19,21). The summed E-state index contributed by atoms with van der Waals surface area (Å²) < 4.78 is 1.96. The zero-order chi connectivity index (χ0) is 14.8. The number of anilines is 1. The van der Waals surface area contributed by atoms with Gasteiger partial charge in [0.05, 0.1) is 17.3 Å². The topological polar surface area (TPSA) is 83.8 Å². The van der Waals surface area contributed by atoms with Crippen LogP contribution in [0.4, 0.5) is 5.69 Å². The second kappa shape index (κ2) is 5.33. The fourth-order valence-electron chi connectivity index (χ4n) is 2.31. The molecular formula is C16H16N4O. The largest absolute Gasteiger partial charge is 0.397 e. The van der Waals surface area contributed by atoms with Crippen molar-refractivity contribution in [2.75, 3.05) is 5.73 Å². The Labute approximate surface area is 123 Å². The number of hydrogen-bond acceptors (Lipinski definition) is 3. The van der Waals surface area contributed by atoms with E-state index < -0.39 is 0 Å². The van der Waals surface area contributed by atoms with Crippen LogP contribution in [-0.2, 0) is 6.54 Å². The number of hydrogen-bond donors (Lipinski definition) is 2. The first kappa shape index (κ1) is 13.3. The van der Waals surface area contributed by atoms with Gasteiger partial charge in [0, 0.05) is 18.8 Å². The summed E-state index contributed by atoms with van der Waals surface area (Å²) in [6, 6.07) is 11.4. The second-order valence-electron chi connectivity index (χ2n) is 5.29. The zero-order valence-corrected chi connectivity index (χ0v) is 11.5. The first-order valence-electron chi connectivity index (χ1n) is 6.92. The summed E-state index contributed by atoms with van der Waals surface area (Å²) >= 11 is 0. The molecule has 1 amide bonds. The van der Waals surface area contributed by atoms with Crippen molar-refractivity contribution in [3.05, 3.63) is 53.3 Å². The number of nitrogens with one attached hydrogen (secondary N) is 1. The van der Waals surface area contributed by atoms with Gasteiger partial charge >= 0.3 is 0 Å². The number of aromatic nitrogens is 1. The molecule has 0 spiro atoms. The van der Waals surface area contributed by atoms with E-state index >= 15 is 0 Å². The molecule has 3 N–H and O–H groups in total. The number of carbonyl (C=O) groups excluding carboxylic acids is 1. The van der Waals surface area contributed by atoms with Gasteiger partial charge in [-0.1, -0.05) is 12.1 Å². The van der Waals surface area contributed by atoms with Crippen LogP contribution < -0.4 is 11.1 Å². The van der Waals surface area contributed by atoms with E-state index in [0.717, 1.165) is 18.4 Å². The maximum atomic E-state index is 12.3. The van der Waals surface area contributed by atoms with E-state index in [-0.39, 0.29) is 5.91 Å². The van der Waals surface area contributed by atoms with Gasteiger partial charge in [-0.2, -0.15) is 5.26 Å². The number of nitrogen functional groups attached to an aromatic ring is 1. The molecule has 0 saturated heterocycles. The maximum absolute atomic E-state index is 12.3. The highest BCUT2D eigenvalue weighted by Gasteiger charge is 2.27. The van der Waals surface area contributed by atoms with Crippen LogP contribution in [0.5, 0.6) is 0 Å². The molecule has 1 aromatic carbocycles. The first-order chi connectivity index (χ1) is 10.2. The van der Waals surface area contributed by atoms with Crippen LogP contribution in [0.15, 0.2) is 36.5 Å². The highest BCUT2D eigenvalue weighted by molar-refractivity contribution is 5.93. The van der Waals surface area contributed by atoms with Gasteiger partial charge in [0.25, 0.3) is 5.91 Å². The average Bonchev–Trinajstić information content (AvgIpc) is 3.27. The third-order valence-electron chi connectivity index (χ3n) is 3.58. The molecule has 5 nitrogen and oxygen atoms in total. The van der Waals surface area contributed by atoms with E-state index in [1.807, 2.05) is 22.9 Å². The summed E-state index contributed by atoms with van der Waals surface area (Å²) in [4.78, 5) is 12.3. The van der Waals surface area contributed by atoms with Crippen LogP contribution in [-0.4, -0.2) is 10.5 Å². The molecule has 0 atom stereocenters. The fourth-order valence-corrected chi connectivity index (χ4v) is 2.31. The predicted molar refractivity (Wildman–Crippen MR) is 79.4 cm³/mol. The summed E-state index contributed by atoms with van der Waals surface area (Å²) in [5, 5.41) is 11.6. The minimum Gasteiger partial charge on any atom is -0.397 e. The lowest BCUT2D eigenvalue weighted by atomic mass is 10.1. The number of amides is 1. The van der Waals surface area contributed by atoms with Gasteiger partial charge in [-0.15, -0.1) is 0 Å². The van der Waals surface area contributed by atoms with Gasteiger partial charge in [-0.25, -0.2) is 0 Å². The predicted octanol–water partition coefficient (Wildman–Crippen LogP) is 2.21. The normalized spacial score (nSPS) is 13.7. The monoisotopic (exact) mass is 280 g/mol. The van der Waals surface area contributed by atoms with Gasteiger partial charge in [-0.05, 0) is 36.6 Å². The number of nitrogens with two attached hydrogens (primary N) is 1. The van der Waals surface area contributed by atoms with Gasteiger partial charge in [-0.3, -0.25) is 4.79 Å². The summed E-state index contributed by atoms with van der Waals surface area (Å²) in [5.74, 6) is -0.122. The Kier molecular flexibility index (Phi) is 3.36. The Morgan fingerprint density at radius 3 is 2.71 bits per heavy atom. The Hall–Kier alpha value is -2.74. The van der Waals surface area contributed by atoms with Crippen molar-refractivity contribution in [2.45, 2.75) is 25.4 Å². The minimum absolute atomic E-state index is 0.122. The van der Waals surface area contributed by atoms with Crippen molar-refractivity contribution in [1.82, 2.24) is 9.88 Å². The number of nitriles is 1. The molecule has 1 aliphatic carbocycles. The number of nitrogens with zero attached hydrogens (tertiary/aromatic N) is 2. The lowest BCUT2D eigenvalue weighted by molar-refractivity contribution is 0.0941. The fraction of sp³-hybridized carbons (Fsp3) is 0.250. The number of rotatable bonds is 4. The Morgan fingerprint density at radius 2 is 2.10 bits per heavy atom. The van der Waals surface area contributed by atoms with Crippen LogP contribution in [0.1, 0.15) is 40.5 Å². The molecule has 1 fully saturated rings. The molecule has 1 heterocycles. The molecule has 1 aromatic heterocycles. The second-order valence-corrected chi connectivity index (χ2v) is 5.29. The SMILES string of the molecule is N#Cc1ccc(CNC(=O)c2cc(N)cn2C2CC2)cc1. The smallest absolute Gasteiger partial charge is 0.268 e. The van der Waals surface area contributed by atoms with E-state index in [9.17, 15) is 4.79 Å². The molecule has 0 unspecified atom stereocenters. The Morgan fingerprint density at radius 1 is 1.38 bits per heavy atom. The molecule has 21 heavy (non-hydrogen) atoms. The molecule has 3 rings (SSSR count). The molecule has 0 radical (unpaired) electrons. The molecular weight excluding hydrogens is 264 g/mol. The van der Waals surface area contributed by atoms with E-state index in [1.165, 1.54) is 0 Å². The summed E-state index contributed by atoms with van der Waals surface area (Å²) in [6.07, 6.45) is 4.03. The highest BCUT2D eigenvalue weighted by atomic mass is 16.1. The molecule has 106 valence electrons. The Bertz CT molecular complexity index is 705. The van der Waals surface area contributed by atoms with Gasteiger partial charge in [0.1, 0.15) is 5.69 Å². The molecule has 2 aromatic rings. The van der Waals surface area contributed by atoms with E-state index in [0.29, 0.717) is 29.5 Å². The van der Waals surface area contributed by atoms with Crippen LogP contribution in [0.3, 0.4) is 0 Å². The van der Waals surface area contributed by atoms with Crippen molar-refractivity contribution >= 4 is 11.6 Å². The average molecular weight is 280 g/mol. The lowest BCUT2D eigenvalue weighted by Crippen LogP contribution is -2.25. The van der Waals surface area contributed by atoms with Crippen LogP contribution in [0.2, 0.25) is 0 Å². The van der Waals surface area contributed by atoms with E-state index in [4.69, 9.17) is 11.0 Å². The third-order valence-corrected chi connectivity index (χ3v) is 3.58. The van der Waals surface area contributed by atoms with Crippen LogP contribution in [0, 0.1) is 11.3 Å². The van der Waals surface area contributed by atoms with Crippen molar-refractivity contribution in [3.8, 4) is 6.07 Å². The molecule has 5 heteroatoms. The summed E-state index contributed by atoms with van der Waals surface area (Å²) in [5.41, 5.74) is 8.59. The lowest BCUT2D eigenvalue weighted by Gasteiger charge is -2.08. The highest BCUT2D eigenvalue weighted by Crippen LogP contribution is 2.37. The van der Waals surface area contributed by atoms with Gasteiger partial charge in [0.15, 0.2) is 0 Å². The van der Waals surface area contributed by atoms with Crippen LogP contribution in [0.25, 0.3) is 0 Å². The minimum atomic E-state index is -0.122. The van der Waals surface area contributed by atoms with Crippen LogP contribution >= 0.6 is 0 Å². The van der Waals surface area contributed by atoms with Gasteiger partial charge < -0.3 is 15.6 Å². The maximum Gasteiger partial charge on any atom is 0.268 e. The van der Waals surface area contributed by atoms with Crippen molar-refractivity contribution < 1.29 is 4.79 Å². The van der Waals surface area contributed by atoms with Crippen molar-refractivity contribution in [3.63, 3.8) is 0 Å². The third kappa shape index (κ3) is 2.90. The van der Waals surface area contributed by atoms with E-state index in [2.05, 4.69) is 11.4 Å². The molecule has 1 saturated carbocycles. The van der Waals surface area contributed by atoms with E-state index in [1.54, 1.807) is 18.2 Å². The molecule has 0 bridgehead atoms. The molecule has 0 aliphatic heterocycles. The Balaban J connectivity index is 1.67. The number of benzene rings is 1. The first-order valence-corrected chi connectivity index (χ1v) is 6.92. The summed E-state index contributed by atoms with van der Waals surface area (Å²) in [7, 11) is 0. The molecule has 1 aliphatic rings. The summed E-state index contributed by atoms with van der Waals surface area (Å²) in [6.45, 7) is 0.431. The zero-order valence-electron chi connectivity index (χ0n) is 11.5. The van der Waals surface area contributed by atoms with Crippen molar-refractivity contribution in [2.24, 2.45) is 0 Å². The number of carbonyl (C=O) groups is 1. The van der Waals surface area contributed by atoms with Crippen molar-refractivity contribution in [1.29, 1.82) is 5.26 Å². The van der Waals surface area contributed by atoms with Gasteiger partial charge in [0.2, 0.25) is 0 Å². The quantitative estimate of drug-likeness (QED) is 0.900.